The van der Waals surface area contributed by atoms with E-state index in [0.29, 0.717) is 11.4 Å². The Labute approximate surface area is 133 Å². The number of hydrogen-bond acceptors (Lipinski definition) is 3. The Bertz CT molecular complexity index is 858. The summed E-state index contributed by atoms with van der Waals surface area (Å²) in [5.41, 5.74) is 2.55. The van der Waals surface area contributed by atoms with Crippen LogP contribution < -0.4 is 5.32 Å². The van der Waals surface area contributed by atoms with Crippen LogP contribution in [0, 0.1) is 0 Å². The van der Waals surface area contributed by atoms with Crippen molar-refractivity contribution < 1.29 is 9.53 Å². The van der Waals surface area contributed by atoms with Crippen molar-refractivity contribution in [1.82, 2.24) is 14.8 Å². The van der Waals surface area contributed by atoms with Crippen molar-refractivity contribution in [2.24, 2.45) is 7.05 Å². The van der Waals surface area contributed by atoms with Gasteiger partial charge < -0.3 is 14.6 Å². The number of carbonyl (C=O) groups excluding carboxylic acids is 1. The number of benzene rings is 1. The molecule has 0 bridgehead atoms. The lowest BCUT2D eigenvalue weighted by Crippen LogP contribution is -2.12. The third-order valence-electron chi connectivity index (χ3n) is 4.27. The van der Waals surface area contributed by atoms with Crippen molar-refractivity contribution in [2.45, 2.75) is 18.9 Å². The van der Waals surface area contributed by atoms with Crippen LogP contribution in [0.25, 0.3) is 10.9 Å². The first-order valence-electron chi connectivity index (χ1n) is 7.74. The molecule has 0 saturated carbocycles. The van der Waals surface area contributed by atoms with Gasteiger partial charge in [0.15, 0.2) is 5.82 Å². The summed E-state index contributed by atoms with van der Waals surface area (Å²) in [6.45, 7) is 0.780. The highest BCUT2D eigenvalue weighted by Gasteiger charge is 2.20. The third kappa shape index (κ3) is 2.61. The van der Waals surface area contributed by atoms with Crippen LogP contribution >= 0.6 is 0 Å². The van der Waals surface area contributed by atoms with Crippen LogP contribution in [0.2, 0.25) is 0 Å². The minimum atomic E-state index is -0.168. The molecule has 1 fully saturated rings. The number of aromatic amines is 1. The van der Waals surface area contributed by atoms with Gasteiger partial charge in [-0.25, -0.2) is 0 Å². The molecule has 1 aliphatic heterocycles. The summed E-state index contributed by atoms with van der Waals surface area (Å²) in [6, 6.07) is 9.53. The molecule has 0 aliphatic carbocycles. The Hall–Kier alpha value is -2.60. The average Bonchev–Trinajstić information content (AvgIpc) is 3.28. The molecule has 6 heteroatoms. The van der Waals surface area contributed by atoms with E-state index < -0.39 is 0 Å². The van der Waals surface area contributed by atoms with Gasteiger partial charge in [0, 0.05) is 37.0 Å². The van der Waals surface area contributed by atoms with Crippen LogP contribution in [0.5, 0.6) is 0 Å². The number of ether oxygens (including phenoxy) is 1. The van der Waals surface area contributed by atoms with Gasteiger partial charge in [0.2, 0.25) is 0 Å². The predicted octanol–water partition coefficient (Wildman–Crippen LogP) is 3.01. The lowest BCUT2D eigenvalue weighted by atomic mass is 10.1. The highest BCUT2D eigenvalue weighted by molar-refractivity contribution is 6.05. The zero-order valence-corrected chi connectivity index (χ0v) is 12.9. The quantitative estimate of drug-likeness (QED) is 0.781. The van der Waals surface area contributed by atoms with E-state index in [2.05, 4.69) is 15.5 Å². The number of nitrogens with zero attached hydrogens (tertiary/aromatic N) is 2. The second-order valence-electron chi connectivity index (χ2n) is 5.86. The summed E-state index contributed by atoms with van der Waals surface area (Å²) >= 11 is 0. The standard InChI is InChI=1S/C17H18N4O2/c1-21-7-6-11-4-5-12(9-14(11)21)17(22)18-16-10-13(19-20-16)15-3-2-8-23-15/h4-7,9-10,15H,2-3,8H2,1H3,(H2,18,19,20,22). The van der Waals surface area contributed by atoms with Gasteiger partial charge in [0.05, 0.1) is 11.8 Å². The molecule has 0 spiro atoms. The molecule has 0 radical (unpaired) electrons. The molecular formula is C17H18N4O2. The third-order valence-corrected chi connectivity index (χ3v) is 4.27. The van der Waals surface area contributed by atoms with Crippen molar-refractivity contribution in [1.29, 1.82) is 0 Å². The van der Waals surface area contributed by atoms with E-state index in [0.717, 1.165) is 36.0 Å². The van der Waals surface area contributed by atoms with E-state index in [1.165, 1.54) is 0 Å². The van der Waals surface area contributed by atoms with Crippen LogP contribution in [0.1, 0.15) is 35.0 Å². The minimum absolute atomic E-state index is 0.0628. The first kappa shape index (κ1) is 14.0. The van der Waals surface area contributed by atoms with Crippen molar-refractivity contribution in [3.8, 4) is 0 Å². The molecule has 2 aromatic heterocycles. The van der Waals surface area contributed by atoms with Gasteiger partial charge >= 0.3 is 0 Å². The lowest BCUT2D eigenvalue weighted by molar-refractivity contribution is 0.102. The Morgan fingerprint density at radius 1 is 1.39 bits per heavy atom. The van der Waals surface area contributed by atoms with Gasteiger partial charge in [-0.15, -0.1) is 0 Å². The summed E-state index contributed by atoms with van der Waals surface area (Å²) in [7, 11) is 1.96. The largest absolute Gasteiger partial charge is 0.372 e. The fourth-order valence-electron chi connectivity index (χ4n) is 2.98. The van der Waals surface area contributed by atoms with Gasteiger partial charge in [0.1, 0.15) is 0 Å². The lowest BCUT2D eigenvalue weighted by Gasteiger charge is -2.05. The number of anilines is 1. The molecule has 118 valence electrons. The Morgan fingerprint density at radius 3 is 3.13 bits per heavy atom. The average molecular weight is 310 g/mol. The number of fused-ring (bicyclic) bond motifs is 1. The van der Waals surface area contributed by atoms with E-state index in [1.807, 2.05) is 48.1 Å². The van der Waals surface area contributed by atoms with E-state index in [4.69, 9.17) is 4.74 Å². The predicted molar refractivity (Wildman–Crippen MR) is 87.4 cm³/mol. The van der Waals surface area contributed by atoms with Crippen LogP contribution in [0.15, 0.2) is 36.5 Å². The highest BCUT2D eigenvalue weighted by Crippen LogP contribution is 2.28. The zero-order chi connectivity index (χ0) is 15.8. The summed E-state index contributed by atoms with van der Waals surface area (Å²) in [5.74, 6) is 0.353. The molecule has 1 aliphatic rings. The van der Waals surface area contributed by atoms with Crippen molar-refractivity contribution >= 4 is 22.6 Å². The summed E-state index contributed by atoms with van der Waals surface area (Å²) in [6.07, 6.45) is 4.09. The first-order chi connectivity index (χ1) is 11.2. The molecule has 23 heavy (non-hydrogen) atoms. The smallest absolute Gasteiger partial charge is 0.256 e. The van der Waals surface area contributed by atoms with Crippen LogP contribution in [0.3, 0.4) is 0 Å². The van der Waals surface area contributed by atoms with Crippen molar-refractivity contribution in [3.63, 3.8) is 0 Å². The topological polar surface area (TPSA) is 71.9 Å². The second kappa shape index (κ2) is 5.55. The van der Waals surface area contributed by atoms with E-state index in [1.54, 1.807) is 0 Å². The summed E-state index contributed by atoms with van der Waals surface area (Å²) < 4.78 is 7.60. The van der Waals surface area contributed by atoms with E-state index in [-0.39, 0.29) is 12.0 Å². The van der Waals surface area contributed by atoms with Gasteiger partial charge in [-0.1, -0.05) is 6.07 Å². The Kier molecular flexibility index (Phi) is 3.38. The number of aryl methyl sites for hydroxylation is 1. The number of rotatable bonds is 3. The number of hydrogen-bond donors (Lipinski definition) is 2. The molecule has 6 nitrogen and oxygen atoms in total. The van der Waals surface area contributed by atoms with E-state index >= 15 is 0 Å². The number of carbonyl (C=O) groups is 1. The van der Waals surface area contributed by atoms with Gasteiger partial charge in [-0.05, 0) is 36.4 Å². The number of H-pyrrole nitrogens is 1. The molecule has 1 saturated heterocycles. The maximum Gasteiger partial charge on any atom is 0.256 e. The van der Waals surface area contributed by atoms with Crippen LogP contribution in [-0.2, 0) is 11.8 Å². The maximum absolute atomic E-state index is 12.4. The fraction of sp³-hybridized carbons (Fsp3) is 0.294. The van der Waals surface area contributed by atoms with E-state index in [9.17, 15) is 4.79 Å². The second-order valence-corrected chi connectivity index (χ2v) is 5.86. The maximum atomic E-state index is 12.4. The molecule has 2 N–H and O–H groups in total. The number of nitrogens with one attached hydrogen (secondary N) is 2. The van der Waals surface area contributed by atoms with Gasteiger partial charge in [-0.2, -0.15) is 5.10 Å². The van der Waals surface area contributed by atoms with Crippen LogP contribution in [-0.4, -0.2) is 27.3 Å². The molecule has 3 aromatic rings. The molecule has 1 unspecified atom stereocenters. The monoisotopic (exact) mass is 310 g/mol. The number of amides is 1. The number of aromatic nitrogens is 3. The molecule has 1 amide bonds. The molecule has 3 heterocycles. The Morgan fingerprint density at radius 2 is 2.30 bits per heavy atom. The van der Waals surface area contributed by atoms with Gasteiger partial charge in [-0.3, -0.25) is 9.89 Å². The van der Waals surface area contributed by atoms with Gasteiger partial charge in [0.25, 0.3) is 5.91 Å². The normalized spacial score (nSPS) is 17.7. The molecule has 4 rings (SSSR count). The first-order valence-corrected chi connectivity index (χ1v) is 7.74. The SMILES string of the molecule is Cn1ccc2ccc(C(=O)Nc3cc(C4CCCO4)[nH]n3)cc21. The van der Waals surface area contributed by atoms with Crippen molar-refractivity contribution in [3.05, 3.63) is 47.8 Å². The van der Waals surface area contributed by atoms with Crippen molar-refractivity contribution in [2.75, 3.05) is 11.9 Å². The molecular weight excluding hydrogens is 292 g/mol. The van der Waals surface area contributed by atoms with Crippen LogP contribution in [0.4, 0.5) is 5.82 Å². The minimum Gasteiger partial charge on any atom is -0.372 e. The summed E-state index contributed by atoms with van der Waals surface area (Å²) in [4.78, 5) is 12.4. The highest BCUT2D eigenvalue weighted by atomic mass is 16.5. The zero-order valence-electron chi connectivity index (χ0n) is 12.9. The molecule has 1 aromatic carbocycles. The fourth-order valence-corrected chi connectivity index (χ4v) is 2.98. The summed E-state index contributed by atoms with van der Waals surface area (Å²) in [5, 5.41) is 11.0. The molecule has 1 atom stereocenters. The Balaban J connectivity index is 1.53.